The molecule has 0 radical (unpaired) electrons. The lowest BCUT2D eigenvalue weighted by Gasteiger charge is -2.27. The fourth-order valence-electron chi connectivity index (χ4n) is 2.12. The van der Waals surface area contributed by atoms with Gasteiger partial charge in [0.05, 0.1) is 12.6 Å². The summed E-state index contributed by atoms with van der Waals surface area (Å²) in [5.41, 5.74) is 0.0411. The molecule has 2 N–H and O–H groups in total. The molecule has 1 amide bonds. The van der Waals surface area contributed by atoms with Crippen molar-refractivity contribution in [1.29, 1.82) is 5.26 Å². The van der Waals surface area contributed by atoms with Gasteiger partial charge in [-0.05, 0) is 35.7 Å². The fourth-order valence-corrected chi connectivity index (χ4v) is 2.12. The lowest BCUT2D eigenvalue weighted by Crippen LogP contribution is -2.50. The Kier molecular flexibility index (Phi) is 4.67. The van der Waals surface area contributed by atoms with Crippen LogP contribution in [-0.2, 0) is 4.79 Å². The molecule has 0 aliphatic rings. The molecular weight excluding hydrogens is 274 g/mol. The number of nitrogens with one attached hydrogen (secondary N) is 2. The van der Waals surface area contributed by atoms with Crippen LogP contribution >= 0.6 is 0 Å². The average molecular weight is 295 g/mol. The van der Waals surface area contributed by atoms with Gasteiger partial charge >= 0.3 is 0 Å². The van der Waals surface area contributed by atoms with Crippen molar-refractivity contribution < 1.29 is 4.79 Å². The van der Waals surface area contributed by atoms with Crippen LogP contribution in [0.5, 0.6) is 0 Å². The largest absolute Gasteiger partial charge is 0.376 e. The number of fused-ring (bicyclic) bond motifs is 1. The number of rotatable bonds is 5. The van der Waals surface area contributed by atoms with Crippen molar-refractivity contribution in [2.45, 2.75) is 26.3 Å². The number of amides is 1. The fraction of sp³-hybridized carbons (Fsp3) is 0.333. The van der Waals surface area contributed by atoms with Crippen molar-refractivity contribution in [1.82, 2.24) is 5.32 Å². The first-order valence-corrected chi connectivity index (χ1v) is 7.39. The summed E-state index contributed by atoms with van der Waals surface area (Å²) in [6, 6.07) is 16.2. The minimum atomic E-state index is -0.845. The van der Waals surface area contributed by atoms with Crippen LogP contribution < -0.4 is 10.6 Å². The van der Waals surface area contributed by atoms with E-state index in [-0.39, 0.29) is 18.4 Å². The Labute approximate surface area is 131 Å². The Balaban J connectivity index is 1.99. The molecule has 0 heterocycles. The van der Waals surface area contributed by atoms with Crippen LogP contribution in [0.3, 0.4) is 0 Å². The van der Waals surface area contributed by atoms with Crippen LogP contribution in [0.15, 0.2) is 42.5 Å². The Morgan fingerprint density at radius 1 is 1.23 bits per heavy atom. The van der Waals surface area contributed by atoms with Crippen molar-refractivity contribution in [3.8, 4) is 6.07 Å². The van der Waals surface area contributed by atoms with E-state index >= 15 is 0 Å². The third-order valence-corrected chi connectivity index (χ3v) is 3.99. The Morgan fingerprint density at radius 2 is 1.91 bits per heavy atom. The van der Waals surface area contributed by atoms with E-state index in [9.17, 15) is 10.1 Å². The molecule has 2 aromatic rings. The predicted octanol–water partition coefficient (Wildman–Crippen LogP) is 3.31. The predicted molar refractivity (Wildman–Crippen MR) is 89.4 cm³/mol. The standard InChI is InChI=1S/C18H21N3O/c1-13(2)18(3,12-19)21-17(22)11-20-16-9-8-14-6-4-5-7-15(14)10-16/h4-10,13,20H,11H2,1-3H3,(H,21,22). The summed E-state index contributed by atoms with van der Waals surface area (Å²) in [5, 5.41) is 17.4. The summed E-state index contributed by atoms with van der Waals surface area (Å²) in [7, 11) is 0. The molecule has 0 fully saturated rings. The number of nitriles is 1. The second-order valence-corrected chi connectivity index (χ2v) is 5.93. The molecule has 0 aliphatic carbocycles. The number of hydrogen-bond acceptors (Lipinski definition) is 3. The monoisotopic (exact) mass is 295 g/mol. The van der Waals surface area contributed by atoms with E-state index in [4.69, 9.17) is 0 Å². The van der Waals surface area contributed by atoms with Gasteiger partial charge in [-0.3, -0.25) is 4.79 Å². The summed E-state index contributed by atoms with van der Waals surface area (Å²) in [4.78, 5) is 12.0. The topological polar surface area (TPSA) is 64.9 Å². The lowest BCUT2D eigenvalue weighted by atomic mass is 9.90. The van der Waals surface area contributed by atoms with E-state index in [1.807, 2.05) is 56.3 Å². The Bertz CT molecular complexity index is 718. The van der Waals surface area contributed by atoms with Gasteiger partial charge in [0.25, 0.3) is 0 Å². The first-order chi connectivity index (χ1) is 10.4. The SMILES string of the molecule is CC(C)C(C)(C#N)NC(=O)CNc1ccc2ccccc2c1. The first-order valence-electron chi connectivity index (χ1n) is 7.39. The van der Waals surface area contributed by atoms with Gasteiger partial charge in [-0.15, -0.1) is 0 Å². The smallest absolute Gasteiger partial charge is 0.240 e. The maximum Gasteiger partial charge on any atom is 0.240 e. The normalized spacial score (nSPS) is 13.4. The van der Waals surface area contributed by atoms with Gasteiger partial charge in [0, 0.05) is 5.69 Å². The van der Waals surface area contributed by atoms with Gasteiger partial charge in [0.1, 0.15) is 5.54 Å². The van der Waals surface area contributed by atoms with E-state index in [0.29, 0.717) is 0 Å². The summed E-state index contributed by atoms with van der Waals surface area (Å²) in [6.07, 6.45) is 0. The van der Waals surface area contributed by atoms with Crippen molar-refractivity contribution in [3.63, 3.8) is 0 Å². The lowest BCUT2D eigenvalue weighted by molar-refractivity contribution is -0.121. The summed E-state index contributed by atoms with van der Waals surface area (Å²) < 4.78 is 0. The Hall–Kier alpha value is -2.54. The molecule has 1 unspecified atom stereocenters. The highest BCUT2D eigenvalue weighted by atomic mass is 16.2. The molecule has 0 saturated heterocycles. The number of benzene rings is 2. The van der Waals surface area contributed by atoms with Gasteiger partial charge in [-0.25, -0.2) is 0 Å². The van der Waals surface area contributed by atoms with E-state index < -0.39 is 5.54 Å². The summed E-state index contributed by atoms with van der Waals surface area (Å²) >= 11 is 0. The van der Waals surface area contributed by atoms with Crippen LogP contribution in [0.1, 0.15) is 20.8 Å². The van der Waals surface area contributed by atoms with Crippen LogP contribution in [0.4, 0.5) is 5.69 Å². The van der Waals surface area contributed by atoms with Crippen LogP contribution in [0.2, 0.25) is 0 Å². The highest BCUT2D eigenvalue weighted by molar-refractivity contribution is 5.87. The third-order valence-electron chi connectivity index (χ3n) is 3.99. The van der Waals surface area contributed by atoms with E-state index in [0.717, 1.165) is 16.5 Å². The van der Waals surface area contributed by atoms with Gasteiger partial charge in [-0.2, -0.15) is 5.26 Å². The zero-order valence-corrected chi connectivity index (χ0v) is 13.2. The molecule has 0 aliphatic heterocycles. The Morgan fingerprint density at radius 3 is 2.55 bits per heavy atom. The molecular formula is C18H21N3O. The number of carbonyl (C=O) groups excluding carboxylic acids is 1. The average Bonchev–Trinajstić information content (AvgIpc) is 2.52. The number of anilines is 1. The molecule has 4 nitrogen and oxygen atoms in total. The molecule has 0 saturated carbocycles. The van der Waals surface area contributed by atoms with E-state index in [1.165, 1.54) is 0 Å². The van der Waals surface area contributed by atoms with Crippen LogP contribution in [-0.4, -0.2) is 18.0 Å². The second kappa shape index (κ2) is 6.48. The molecule has 4 heteroatoms. The van der Waals surface area contributed by atoms with Crippen LogP contribution in [0, 0.1) is 17.2 Å². The minimum absolute atomic E-state index is 0.0436. The number of hydrogen-bond donors (Lipinski definition) is 2. The van der Waals surface area contributed by atoms with Crippen molar-refractivity contribution in [3.05, 3.63) is 42.5 Å². The maximum atomic E-state index is 12.0. The third kappa shape index (κ3) is 3.56. The molecule has 1 atom stereocenters. The first kappa shape index (κ1) is 15.8. The summed E-state index contributed by atoms with van der Waals surface area (Å²) in [6.45, 7) is 5.72. The zero-order chi connectivity index (χ0) is 16.2. The van der Waals surface area contributed by atoms with Gasteiger partial charge < -0.3 is 10.6 Å². The number of nitrogens with zero attached hydrogens (tertiary/aromatic N) is 1. The summed E-state index contributed by atoms with van der Waals surface area (Å²) in [5.74, 6) is -0.145. The molecule has 2 rings (SSSR count). The minimum Gasteiger partial charge on any atom is -0.376 e. The zero-order valence-electron chi connectivity index (χ0n) is 13.2. The highest BCUT2D eigenvalue weighted by Gasteiger charge is 2.29. The van der Waals surface area contributed by atoms with Crippen LogP contribution in [0.25, 0.3) is 10.8 Å². The highest BCUT2D eigenvalue weighted by Crippen LogP contribution is 2.19. The second-order valence-electron chi connectivity index (χ2n) is 5.93. The molecule has 2 aromatic carbocycles. The van der Waals surface area contributed by atoms with Gasteiger partial charge in [0.15, 0.2) is 0 Å². The molecule has 114 valence electrons. The van der Waals surface area contributed by atoms with Gasteiger partial charge in [0.2, 0.25) is 5.91 Å². The molecule has 0 aromatic heterocycles. The van der Waals surface area contributed by atoms with Gasteiger partial charge in [-0.1, -0.05) is 44.2 Å². The molecule has 0 spiro atoms. The quantitative estimate of drug-likeness (QED) is 0.889. The van der Waals surface area contributed by atoms with E-state index in [1.54, 1.807) is 6.92 Å². The number of carbonyl (C=O) groups is 1. The van der Waals surface area contributed by atoms with Crippen molar-refractivity contribution in [2.24, 2.45) is 5.92 Å². The maximum absolute atomic E-state index is 12.0. The van der Waals surface area contributed by atoms with Crippen molar-refractivity contribution >= 4 is 22.4 Å². The molecule has 0 bridgehead atoms. The molecule has 22 heavy (non-hydrogen) atoms. The van der Waals surface area contributed by atoms with E-state index in [2.05, 4.69) is 16.7 Å². The van der Waals surface area contributed by atoms with Crippen molar-refractivity contribution in [2.75, 3.05) is 11.9 Å².